The van der Waals surface area contributed by atoms with E-state index in [9.17, 15) is 40.5 Å². The lowest BCUT2D eigenvalue weighted by Crippen LogP contribution is -2.21. The van der Waals surface area contributed by atoms with Crippen molar-refractivity contribution in [3.8, 4) is 0 Å². The Kier molecular flexibility index (Phi) is 5.98. The minimum absolute atomic E-state index is 0.0366. The molecule has 13 nitrogen and oxygen atoms in total. The van der Waals surface area contributed by atoms with Gasteiger partial charge in [-0.3, -0.25) is 40.5 Å². The number of rotatable bonds is 7. The van der Waals surface area contributed by atoms with E-state index in [1.165, 1.54) is 6.08 Å². The van der Waals surface area contributed by atoms with E-state index in [0.717, 1.165) is 23.3 Å². The molecule has 0 unspecified atom stereocenters. The summed E-state index contributed by atoms with van der Waals surface area (Å²) < 4.78 is 0. The molecule has 0 fully saturated rings. The van der Waals surface area contributed by atoms with E-state index >= 15 is 0 Å². The quantitative estimate of drug-likeness (QED) is 0.384. The molecular formula is C23H17N5O8. The summed E-state index contributed by atoms with van der Waals surface area (Å²) in [7, 11) is 0. The lowest BCUT2D eigenvalue weighted by molar-refractivity contribution is -0.428. The van der Waals surface area contributed by atoms with Gasteiger partial charge < -0.3 is 0 Å². The molecule has 0 radical (unpaired) electrons. The number of non-ortho nitro benzene ring substituents is 1. The lowest BCUT2D eigenvalue weighted by Gasteiger charge is -2.16. The number of nitrogens with zero attached hydrogens (tertiary/aromatic N) is 5. The molecular weight excluding hydrogens is 474 g/mol. The third-order valence-corrected chi connectivity index (χ3v) is 5.97. The maximum Gasteiger partial charge on any atom is 0.302 e. The normalized spacial score (nSPS) is 15.2. The first-order valence-electron chi connectivity index (χ1n) is 10.7. The maximum absolute atomic E-state index is 12.0. The molecule has 0 aromatic heterocycles. The smallest absolute Gasteiger partial charge is 0.258 e. The number of fused-ring (bicyclic) bond motifs is 3. The number of nitro benzene ring substituents is 2. The SMILES string of the molecule is CCc1cccc(CC)c1N=C1C2=Cc3cc([N+](=O)[O-])cc([N+](=O)[O-])c3C2=C([N+](=O)[O-])C=C1[N+](=O)[O-]. The molecule has 182 valence electrons. The molecule has 2 aromatic rings. The second-order valence-electron chi connectivity index (χ2n) is 7.90. The van der Waals surface area contributed by atoms with Crippen molar-refractivity contribution in [2.45, 2.75) is 26.7 Å². The van der Waals surface area contributed by atoms with Crippen LogP contribution < -0.4 is 0 Å². The van der Waals surface area contributed by atoms with Crippen LogP contribution in [-0.2, 0) is 12.8 Å². The Morgan fingerprint density at radius 3 is 1.94 bits per heavy atom. The highest BCUT2D eigenvalue weighted by atomic mass is 16.6. The summed E-state index contributed by atoms with van der Waals surface area (Å²) in [5, 5.41) is 47.1. The Balaban J connectivity index is 2.12. The van der Waals surface area contributed by atoms with Crippen LogP contribution >= 0.6 is 0 Å². The Morgan fingerprint density at radius 2 is 1.44 bits per heavy atom. The number of benzene rings is 2. The molecule has 0 heterocycles. The van der Waals surface area contributed by atoms with Crippen molar-refractivity contribution in [1.29, 1.82) is 0 Å². The number of para-hydroxylation sites is 1. The van der Waals surface area contributed by atoms with Crippen LogP contribution in [0.25, 0.3) is 11.6 Å². The van der Waals surface area contributed by atoms with E-state index in [4.69, 9.17) is 0 Å². The maximum atomic E-state index is 12.0. The van der Waals surface area contributed by atoms with E-state index < -0.39 is 42.5 Å². The molecule has 2 aliphatic rings. The fourth-order valence-electron chi connectivity index (χ4n) is 4.36. The second-order valence-corrected chi connectivity index (χ2v) is 7.90. The van der Waals surface area contributed by atoms with Gasteiger partial charge in [-0.2, -0.15) is 0 Å². The first-order valence-corrected chi connectivity index (χ1v) is 10.7. The molecule has 4 rings (SSSR count). The van der Waals surface area contributed by atoms with Crippen LogP contribution in [0.3, 0.4) is 0 Å². The van der Waals surface area contributed by atoms with Gasteiger partial charge in [0.15, 0.2) is 0 Å². The first kappa shape index (κ1) is 24.1. The average Bonchev–Trinajstić information content (AvgIpc) is 3.22. The molecule has 2 aromatic carbocycles. The molecule has 13 heteroatoms. The summed E-state index contributed by atoms with van der Waals surface area (Å²) >= 11 is 0. The summed E-state index contributed by atoms with van der Waals surface area (Å²) in [6, 6.07) is 7.20. The number of allylic oxidation sites excluding steroid dienone is 3. The fourth-order valence-corrected chi connectivity index (χ4v) is 4.36. The standard InChI is InChI=1S/C23H17N5O8/c1-3-12-6-5-7-13(4-2)22(12)24-23-16-9-14-8-15(25(29)30)10-17(26(31)32)20(14)21(16)18(27(33)34)11-19(23)28(35)36/h5-11H,3-4H2,1-2H3. The van der Waals surface area contributed by atoms with Crippen LogP contribution in [0.4, 0.5) is 17.1 Å². The molecule has 0 N–H and O–H groups in total. The summed E-state index contributed by atoms with van der Waals surface area (Å²) in [4.78, 5) is 48.3. The zero-order valence-electron chi connectivity index (χ0n) is 19.0. The van der Waals surface area contributed by atoms with Gasteiger partial charge >= 0.3 is 5.70 Å². The van der Waals surface area contributed by atoms with Gasteiger partial charge in [-0.05, 0) is 35.6 Å². The molecule has 0 bridgehead atoms. The van der Waals surface area contributed by atoms with Crippen LogP contribution in [0.1, 0.15) is 36.1 Å². The minimum Gasteiger partial charge on any atom is -0.258 e. The average molecular weight is 491 g/mol. The summed E-state index contributed by atoms with van der Waals surface area (Å²) in [5.41, 5.74) is -1.47. The summed E-state index contributed by atoms with van der Waals surface area (Å²) in [5.74, 6) is 0. The largest absolute Gasteiger partial charge is 0.302 e. The number of nitro groups is 4. The highest BCUT2D eigenvalue weighted by Gasteiger charge is 2.44. The summed E-state index contributed by atoms with van der Waals surface area (Å²) in [6.07, 6.45) is 3.07. The van der Waals surface area contributed by atoms with Crippen LogP contribution in [0.2, 0.25) is 0 Å². The highest BCUT2D eigenvalue weighted by molar-refractivity contribution is 6.29. The zero-order chi connectivity index (χ0) is 26.3. The Morgan fingerprint density at radius 1 is 0.806 bits per heavy atom. The predicted molar refractivity (Wildman–Crippen MR) is 129 cm³/mol. The molecule has 2 aliphatic carbocycles. The third kappa shape index (κ3) is 3.81. The van der Waals surface area contributed by atoms with Crippen molar-refractivity contribution in [2.75, 3.05) is 0 Å². The van der Waals surface area contributed by atoms with Crippen LogP contribution in [0, 0.1) is 40.5 Å². The van der Waals surface area contributed by atoms with E-state index in [2.05, 4.69) is 4.99 Å². The van der Waals surface area contributed by atoms with Gasteiger partial charge in [-0.15, -0.1) is 0 Å². The third-order valence-electron chi connectivity index (χ3n) is 5.97. The van der Waals surface area contributed by atoms with E-state index in [1.54, 1.807) is 0 Å². The van der Waals surface area contributed by atoms with Crippen molar-refractivity contribution in [1.82, 2.24) is 0 Å². The van der Waals surface area contributed by atoms with Gasteiger partial charge in [0, 0.05) is 11.6 Å². The van der Waals surface area contributed by atoms with Gasteiger partial charge in [-0.25, -0.2) is 4.99 Å². The van der Waals surface area contributed by atoms with Crippen molar-refractivity contribution < 1.29 is 19.7 Å². The number of aliphatic imine (C=N–C) groups is 1. The molecule has 36 heavy (non-hydrogen) atoms. The molecule has 0 spiro atoms. The molecule has 0 aliphatic heterocycles. The molecule has 0 amide bonds. The summed E-state index contributed by atoms with van der Waals surface area (Å²) in [6.45, 7) is 3.76. The lowest BCUT2D eigenvalue weighted by atomic mass is 9.90. The number of hydrogen-bond acceptors (Lipinski definition) is 9. The van der Waals surface area contributed by atoms with Crippen LogP contribution in [-0.4, -0.2) is 25.4 Å². The van der Waals surface area contributed by atoms with Crippen LogP contribution in [0.15, 0.2) is 58.4 Å². The second kappa shape index (κ2) is 8.94. The monoisotopic (exact) mass is 491 g/mol. The fraction of sp³-hybridized carbons (Fsp3) is 0.174. The van der Waals surface area contributed by atoms with Crippen molar-refractivity contribution in [3.63, 3.8) is 0 Å². The first-order chi connectivity index (χ1) is 17.1. The topological polar surface area (TPSA) is 185 Å². The van der Waals surface area contributed by atoms with Crippen molar-refractivity contribution in [3.05, 3.63) is 116 Å². The van der Waals surface area contributed by atoms with Gasteiger partial charge in [0.25, 0.3) is 17.1 Å². The molecule has 0 atom stereocenters. The Hall–Kier alpha value is -5.07. The molecule has 0 saturated heterocycles. The minimum atomic E-state index is -0.877. The van der Waals surface area contributed by atoms with E-state index in [1.807, 2.05) is 32.0 Å². The van der Waals surface area contributed by atoms with Gasteiger partial charge in [0.1, 0.15) is 5.71 Å². The van der Waals surface area contributed by atoms with Crippen molar-refractivity contribution >= 4 is 34.4 Å². The Bertz CT molecular complexity index is 1490. The van der Waals surface area contributed by atoms with Gasteiger partial charge in [0.05, 0.1) is 48.7 Å². The Labute approximate surface area is 202 Å². The highest BCUT2D eigenvalue weighted by Crippen LogP contribution is 2.48. The van der Waals surface area contributed by atoms with Gasteiger partial charge in [0.2, 0.25) is 0 Å². The van der Waals surface area contributed by atoms with E-state index in [0.29, 0.717) is 24.6 Å². The van der Waals surface area contributed by atoms with Crippen molar-refractivity contribution in [2.24, 2.45) is 4.99 Å². The molecule has 0 saturated carbocycles. The number of hydrogen-bond donors (Lipinski definition) is 0. The van der Waals surface area contributed by atoms with E-state index in [-0.39, 0.29) is 28.0 Å². The zero-order valence-corrected chi connectivity index (χ0v) is 19.0. The van der Waals surface area contributed by atoms with Crippen LogP contribution in [0.5, 0.6) is 0 Å². The predicted octanol–water partition coefficient (Wildman–Crippen LogP) is 4.96. The van der Waals surface area contributed by atoms with Gasteiger partial charge in [-0.1, -0.05) is 32.0 Å². The number of aryl methyl sites for hydroxylation is 2.